The van der Waals surface area contributed by atoms with Crippen LogP contribution in [0, 0.1) is 53.3 Å². The zero-order valence-electron chi connectivity index (χ0n) is 22.9. The number of hydrogen-bond acceptors (Lipinski definition) is 3. The molecule has 0 N–H and O–H groups in total. The van der Waals surface area contributed by atoms with E-state index in [1.165, 1.54) is 20.0 Å². The summed E-state index contributed by atoms with van der Waals surface area (Å²) in [5.41, 5.74) is 1.70. The van der Waals surface area contributed by atoms with E-state index in [0.29, 0.717) is 16.6 Å². The minimum atomic E-state index is 0.566. The summed E-state index contributed by atoms with van der Waals surface area (Å²) in [7, 11) is 0. The van der Waals surface area contributed by atoms with Crippen molar-refractivity contribution in [2.24, 2.45) is 53.3 Å². The molecule has 198 valence electrons. The molecule has 12 saturated carbocycles. The maximum atomic E-state index is 3.21. The van der Waals surface area contributed by atoms with Crippen LogP contribution in [0.5, 0.6) is 0 Å². The van der Waals surface area contributed by atoms with Crippen LogP contribution in [0.25, 0.3) is 0 Å². The van der Waals surface area contributed by atoms with E-state index in [2.05, 4.69) is 14.7 Å². The zero-order valence-corrected chi connectivity index (χ0v) is 22.9. The second kappa shape index (κ2) is 7.14. The Kier molecular flexibility index (Phi) is 4.30. The summed E-state index contributed by atoms with van der Waals surface area (Å²) in [6.07, 6.45) is 28.3. The lowest BCUT2D eigenvalue weighted by atomic mass is 9.51. The first-order chi connectivity index (χ1) is 17.5. The van der Waals surface area contributed by atoms with Crippen LogP contribution in [0.2, 0.25) is 0 Å². The van der Waals surface area contributed by atoms with E-state index in [1.807, 2.05) is 0 Å². The van der Waals surface area contributed by atoms with Crippen molar-refractivity contribution in [2.45, 2.75) is 132 Å². The van der Waals surface area contributed by atoms with Crippen LogP contribution in [0.15, 0.2) is 0 Å². The molecule has 13 rings (SSSR count). The second-order valence-corrected chi connectivity index (χ2v) is 17.5. The molecule has 0 radical (unpaired) electrons. The van der Waals surface area contributed by atoms with Crippen molar-refractivity contribution < 1.29 is 0 Å². The van der Waals surface area contributed by atoms with Gasteiger partial charge in [-0.1, -0.05) is 0 Å². The fraction of sp³-hybridized carbons (Fsp3) is 1.00. The van der Waals surface area contributed by atoms with E-state index in [9.17, 15) is 0 Å². The predicted octanol–water partition coefficient (Wildman–Crippen LogP) is 6.68. The lowest BCUT2D eigenvalue weighted by molar-refractivity contribution is -0.227. The minimum Gasteiger partial charge on any atom is -0.272 e. The van der Waals surface area contributed by atoms with Crippen LogP contribution in [0.1, 0.15) is 116 Å². The molecule has 12 bridgehead atoms. The maximum absolute atomic E-state index is 3.21. The SMILES string of the molecule is C1C2CC3CC1CC(N1CN(C45CC6CC(CC(C6)C4)C5)CN(C45CC6CC(CC(C6)C4)C5)C1)(C2)C3. The molecule has 1 saturated heterocycles. The summed E-state index contributed by atoms with van der Waals surface area (Å²) in [5.74, 6) is 9.62. The molecule has 36 heavy (non-hydrogen) atoms. The zero-order chi connectivity index (χ0) is 23.3. The first-order valence-electron chi connectivity index (χ1n) is 16.8. The highest BCUT2D eigenvalue weighted by Crippen LogP contribution is 2.63. The lowest BCUT2D eigenvalue weighted by Gasteiger charge is -2.69. The summed E-state index contributed by atoms with van der Waals surface area (Å²) < 4.78 is 0. The summed E-state index contributed by atoms with van der Waals surface area (Å²) in [6.45, 7) is 4.00. The molecule has 0 unspecified atom stereocenters. The number of rotatable bonds is 3. The van der Waals surface area contributed by atoms with Crippen molar-refractivity contribution >= 4 is 0 Å². The molecular weight excluding hydrogens is 438 g/mol. The van der Waals surface area contributed by atoms with Crippen molar-refractivity contribution in [3.8, 4) is 0 Å². The molecule has 0 amide bonds. The van der Waals surface area contributed by atoms with Crippen LogP contribution in [0.4, 0.5) is 0 Å². The van der Waals surface area contributed by atoms with Gasteiger partial charge in [0, 0.05) is 16.6 Å². The monoisotopic (exact) mass is 489 g/mol. The van der Waals surface area contributed by atoms with Gasteiger partial charge in [0.25, 0.3) is 0 Å². The van der Waals surface area contributed by atoms with Crippen LogP contribution >= 0.6 is 0 Å². The van der Waals surface area contributed by atoms with Gasteiger partial charge in [-0.2, -0.15) is 0 Å². The van der Waals surface area contributed by atoms with Gasteiger partial charge in [-0.05, 0) is 169 Å². The Morgan fingerprint density at radius 2 is 0.444 bits per heavy atom. The van der Waals surface area contributed by atoms with Gasteiger partial charge in [0.05, 0.1) is 20.0 Å². The lowest BCUT2D eigenvalue weighted by Crippen LogP contribution is -2.75. The van der Waals surface area contributed by atoms with Gasteiger partial charge in [0.15, 0.2) is 0 Å². The van der Waals surface area contributed by atoms with Crippen molar-refractivity contribution in [2.75, 3.05) is 20.0 Å². The molecule has 0 aromatic rings. The summed E-state index contributed by atoms with van der Waals surface area (Å²) in [5, 5.41) is 0. The average Bonchev–Trinajstić information content (AvgIpc) is 2.81. The highest BCUT2D eigenvalue weighted by molar-refractivity contribution is 5.14. The van der Waals surface area contributed by atoms with Gasteiger partial charge in [-0.25, -0.2) is 0 Å². The molecule has 13 fully saturated rings. The first-order valence-corrected chi connectivity index (χ1v) is 16.8. The summed E-state index contributed by atoms with van der Waals surface area (Å²) >= 11 is 0. The first kappa shape index (κ1) is 21.7. The molecule has 1 aliphatic heterocycles. The van der Waals surface area contributed by atoms with E-state index < -0.39 is 0 Å². The highest BCUT2D eigenvalue weighted by atomic mass is 15.5. The van der Waals surface area contributed by atoms with E-state index in [0.717, 1.165) is 53.3 Å². The molecule has 0 aromatic carbocycles. The molecular formula is C33H51N3. The molecule has 0 atom stereocenters. The topological polar surface area (TPSA) is 9.72 Å². The third-order valence-electron chi connectivity index (χ3n) is 15.1. The largest absolute Gasteiger partial charge is 0.272 e. The van der Waals surface area contributed by atoms with Crippen LogP contribution < -0.4 is 0 Å². The van der Waals surface area contributed by atoms with Gasteiger partial charge in [-0.3, -0.25) is 14.7 Å². The third kappa shape index (κ3) is 2.98. The van der Waals surface area contributed by atoms with Crippen LogP contribution in [0.3, 0.4) is 0 Å². The molecule has 12 aliphatic carbocycles. The molecule has 13 aliphatic rings. The fourth-order valence-electron chi connectivity index (χ4n) is 15.0. The highest BCUT2D eigenvalue weighted by Gasteiger charge is 2.61. The fourth-order valence-corrected chi connectivity index (χ4v) is 15.0. The van der Waals surface area contributed by atoms with E-state index in [1.54, 1.807) is 116 Å². The van der Waals surface area contributed by atoms with Gasteiger partial charge in [-0.15, -0.1) is 0 Å². The molecule has 3 nitrogen and oxygen atoms in total. The molecule has 3 heteroatoms. The third-order valence-corrected chi connectivity index (χ3v) is 15.1. The van der Waals surface area contributed by atoms with E-state index >= 15 is 0 Å². The van der Waals surface area contributed by atoms with Crippen LogP contribution in [-0.2, 0) is 0 Å². The second-order valence-electron chi connectivity index (χ2n) is 17.5. The smallest absolute Gasteiger partial charge is 0.0541 e. The minimum absolute atomic E-state index is 0.566. The number of hydrogen-bond donors (Lipinski definition) is 0. The Morgan fingerprint density at radius 3 is 0.611 bits per heavy atom. The molecule has 0 spiro atoms. The molecule has 0 aromatic heterocycles. The maximum Gasteiger partial charge on any atom is 0.0541 e. The molecule has 1 heterocycles. The Balaban J connectivity index is 1.03. The average molecular weight is 490 g/mol. The Bertz CT molecular complexity index is 706. The Labute approximate surface area is 220 Å². The van der Waals surface area contributed by atoms with E-state index in [4.69, 9.17) is 0 Å². The van der Waals surface area contributed by atoms with Crippen LogP contribution in [-0.4, -0.2) is 51.3 Å². The summed E-state index contributed by atoms with van der Waals surface area (Å²) in [6, 6.07) is 0. The van der Waals surface area contributed by atoms with E-state index in [-0.39, 0.29) is 0 Å². The Hall–Kier alpha value is -0.120. The normalized spacial score (nSPS) is 61.5. The standard InChI is InChI=1S/C33H51N3/c1-22-2-24-3-23(1)11-31(10-22,12-24)34-19-35(32-13-25-4-26(14-32)6-27(5-25)15-32)21-36(20-34)33-16-28-7-29(17-33)9-30(8-28)18-33/h22-30H,1-21H2. The van der Waals surface area contributed by atoms with Crippen molar-refractivity contribution in [3.05, 3.63) is 0 Å². The summed E-state index contributed by atoms with van der Waals surface area (Å²) in [4.78, 5) is 9.62. The van der Waals surface area contributed by atoms with Gasteiger partial charge in [0.2, 0.25) is 0 Å². The van der Waals surface area contributed by atoms with Crippen molar-refractivity contribution in [1.29, 1.82) is 0 Å². The van der Waals surface area contributed by atoms with Gasteiger partial charge >= 0.3 is 0 Å². The van der Waals surface area contributed by atoms with Gasteiger partial charge in [0.1, 0.15) is 0 Å². The van der Waals surface area contributed by atoms with Gasteiger partial charge < -0.3 is 0 Å². The predicted molar refractivity (Wildman–Crippen MR) is 143 cm³/mol. The Morgan fingerprint density at radius 1 is 0.278 bits per heavy atom. The van der Waals surface area contributed by atoms with Crippen molar-refractivity contribution in [3.63, 3.8) is 0 Å². The van der Waals surface area contributed by atoms with Crippen molar-refractivity contribution in [1.82, 2.24) is 14.7 Å². The number of nitrogens with zero attached hydrogens (tertiary/aromatic N) is 3. The quantitative estimate of drug-likeness (QED) is 0.437.